The Morgan fingerprint density at radius 3 is 2.53 bits per heavy atom. The van der Waals surface area contributed by atoms with Gasteiger partial charge >= 0.3 is 6.01 Å². The first-order chi connectivity index (χ1) is 9.29. The molecule has 1 N–H and O–H groups in total. The average molecular weight is 257 g/mol. The fourth-order valence-electron chi connectivity index (χ4n) is 1.46. The van der Waals surface area contributed by atoms with Gasteiger partial charge in [0.1, 0.15) is 5.75 Å². The molecule has 1 heterocycles. The Labute approximate surface area is 111 Å². The first-order valence-electron chi connectivity index (χ1n) is 6.12. The minimum atomic E-state index is -0.0793. The molecule has 0 bridgehead atoms. The summed E-state index contributed by atoms with van der Waals surface area (Å²) in [4.78, 5) is 19.6. The minimum absolute atomic E-state index is 0.0793. The summed E-state index contributed by atoms with van der Waals surface area (Å²) in [6, 6.07) is 8.86. The highest BCUT2D eigenvalue weighted by Crippen LogP contribution is 2.17. The number of ether oxygens (including phenoxy) is 1. The van der Waals surface area contributed by atoms with Crippen molar-refractivity contribution >= 4 is 5.91 Å². The number of nitrogens with zero attached hydrogens (tertiary/aromatic N) is 2. The van der Waals surface area contributed by atoms with Gasteiger partial charge in [-0.05, 0) is 36.8 Å². The van der Waals surface area contributed by atoms with Gasteiger partial charge in [-0.25, -0.2) is 9.97 Å². The van der Waals surface area contributed by atoms with E-state index in [9.17, 15) is 4.79 Å². The summed E-state index contributed by atoms with van der Waals surface area (Å²) in [5.74, 6) is 0.516. The van der Waals surface area contributed by atoms with E-state index in [1.54, 1.807) is 42.7 Å². The van der Waals surface area contributed by atoms with Gasteiger partial charge in [0.05, 0.1) is 0 Å². The van der Waals surface area contributed by atoms with E-state index in [2.05, 4.69) is 15.3 Å². The molecule has 0 saturated carbocycles. The molecule has 0 aliphatic carbocycles. The molecule has 0 aliphatic heterocycles. The number of carbonyl (C=O) groups is 1. The summed E-state index contributed by atoms with van der Waals surface area (Å²) in [6.45, 7) is 2.69. The molecule has 98 valence electrons. The van der Waals surface area contributed by atoms with Gasteiger partial charge in [-0.1, -0.05) is 6.92 Å². The molecule has 1 amide bonds. The third-order valence-electron chi connectivity index (χ3n) is 2.40. The van der Waals surface area contributed by atoms with Gasteiger partial charge in [-0.2, -0.15) is 0 Å². The van der Waals surface area contributed by atoms with E-state index in [-0.39, 0.29) is 11.9 Å². The van der Waals surface area contributed by atoms with Crippen LogP contribution >= 0.6 is 0 Å². The second-order valence-corrected chi connectivity index (χ2v) is 3.91. The predicted octanol–water partition coefficient (Wildman–Crippen LogP) is 2.41. The summed E-state index contributed by atoms with van der Waals surface area (Å²) >= 11 is 0. The van der Waals surface area contributed by atoms with E-state index in [4.69, 9.17) is 4.74 Å². The van der Waals surface area contributed by atoms with Gasteiger partial charge in [0.25, 0.3) is 5.91 Å². The van der Waals surface area contributed by atoms with Gasteiger partial charge in [0, 0.05) is 24.5 Å². The van der Waals surface area contributed by atoms with Crippen LogP contribution in [0.5, 0.6) is 11.8 Å². The smallest absolute Gasteiger partial charge is 0.321 e. The van der Waals surface area contributed by atoms with Crippen molar-refractivity contribution in [3.8, 4) is 11.8 Å². The van der Waals surface area contributed by atoms with Crippen LogP contribution < -0.4 is 10.1 Å². The zero-order chi connectivity index (χ0) is 13.5. The molecule has 0 atom stereocenters. The van der Waals surface area contributed by atoms with Crippen LogP contribution in [-0.4, -0.2) is 22.4 Å². The average Bonchev–Trinajstić information content (AvgIpc) is 2.46. The molecule has 0 saturated heterocycles. The molecule has 1 aromatic heterocycles. The fourth-order valence-corrected chi connectivity index (χ4v) is 1.46. The van der Waals surface area contributed by atoms with Crippen LogP contribution in [0.3, 0.4) is 0 Å². The third kappa shape index (κ3) is 3.77. The number of carbonyl (C=O) groups excluding carboxylic acids is 1. The lowest BCUT2D eigenvalue weighted by Crippen LogP contribution is -2.23. The van der Waals surface area contributed by atoms with Crippen LogP contribution in [0, 0.1) is 0 Å². The topological polar surface area (TPSA) is 64.1 Å². The van der Waals surface area contributed by atoms with Crippen LogP contribution in [0.2, 0.25) is 0 Å². The Kier molecular flexibility index (Phi) is 4.44. The Hall–Kier alpha value is -2.43. The maximum Gasteiger partial charge on any atom is 0.321 e. The van der Waals surface area contributed by atoms with Gasteiger partial charge in [-0.15, -0.1) is 0 Å². The number of aromatic nitrogens is 2. The molecule has 0 aliphatic rings. The monoisotopic (exact) mass is 257 g/mol. The van der Waals surface area contributed by atoms with Crippen molar-refractivity contribution in [1.29, 1.82) is 0 Å². The van der Waals surface area contributed by atoms with Crippen molar-refractivity contribution < 1.29 is 9.53 Å². The summed E-state index contributed by atoms with van der Waals surface area (Å²) in [5, 5.41) is 2.81. The predicted molar refractivity (Wildman–Crippen MR) is 71.2 cm³/mol. The lowest BCUT2D eigenvalue weighted by molar-refractivity contribution is 0.0953. The van der Waals surface area contributed by atoms with E-state index < -0.39 is 0 Å². The molecule has 1 aromatic carbocycles. The van der Waals surface area contributed by atoms with E-state index in [1.165, 1.54) is 0 Å². The minimum Gasteiger partial charge on any atom is -0.424 e. The first kappa shape index (κ1) is 13.0. The quantitative estimate of drug-likeness (QED) is 0.893. The fraction of sp³-hybridized carbons (Fsp3) is 0.214. The van der Waals surface area contributed by atoms with E-state index >= 15 is 0 Å². The second-order valence-electron chi connectivity index (χ2n) is 3.91. The Balaban J connectivity index is 2.00. The van der Waals surface area contributed by atoms with Crippen molar-refractivity contribution in [1.82, 2.24) is 15.3 Å². The zero-order valence-corrected chi connectivity index (χ0v) is 10.7. The number of nitrogens with one attached hydrogen (secondary N) is 1. The van der Waals surface area contributed by atoms with Crippen LogP contribution in [0.1, 0.15) is 23.7 Å². The molecule has 19 heavy (non-hydrogen) atoms. The normalized spacial score (nSPS) is 9.95. The highest BCUT2D eigenvalue weighted by atomic mass is 16.5. The summed E-state index contributed by atoms with van der Waals surface area (Å²) in [6.07, 6.45) is 4.13. The largest absolute Gasteiger partial charge is 0.424 e. The van der Waals surface area contributed by atoms with Crippen molar-refractivity contribution in [2.24, 2.45) is 0 Å². The highest BCUT2D eigenvalue weighted by molar-refractivity contribution is 5.94. The van der Waals surface area contributed by atoms with Crippen molar-refractivity contribution in [2.75, 3.05) is 6.54 Å². The number of amides is 1. The Morgan fingerprint density at radius 2 is 1.89 bits per heavy atom. The highest BCUT2D eigenvalue weighted by Gasteiger charge is 2.05. The summed E-state index contributed by atoms with van der Waals surface area (Å²) in [7, 11) is 0. The molecule has 5 heteroatoms. The second kappa shape index (κ2) is 6.49. The maximum absolute atomic E-state index is 11.7. The lowest BCUT2D eigenvalue weighted by Gasteiger charge is -2.05. The SMILES string of the molecule is CCCNC(=O)c1ccc(Oc2ncccn2)cc1. The first-order valence-corrected chi connectivity index (χ1v) is 6.12. The molecule has 0 unspecified atom stereocenters. The maximum atomic E-state index is 11.7. The van der Waals surface area contributed by atoms with Crippen LogP contribution in [0.15, 0.2) is 42.7 Å². The molecule has 2 rings (SSSR count). The molecule has 0 radical (unpaired) electrons. The van der Waals surface area contributed by atoms with Gasteiger partial charge in [0.2, 0.25) is 0 Å². The van der Waals surface area contributed by atoms with Crippen LogP contribution in [-0.2, 0) is 0 Å². The van der Waals surface area contributed by atoms with Crippen molar-refractivity contribution in [3.05, 3.63) is 48.3 Å². The van der Waals surface area contributed by atoms with Gasteiger partial charge < -0.3 is 10.1 Å². The molecule has 0 spiro atoms. The van der Waals surface area contributed by atoms with Gasteiger partial charge in [0.15, 0.2) is 0 Å². The molecular weight excluding hydrogens is 242 g/mol. The Morgan fingerprint density at radius 1 is 1.21 bits per heavy atom. The molecule has 2 aromatic rings. The summed E-state index contributed by atoms with van der Waals surface area (Å²) in [5.41, 5.74) is 0.606. The standard InChI is InChI=1S/C14H15N3O2/c1-2-8-15-13(18)11-4-6-12(7-5-11)19-14-16-9-3-10-17-14/h3-7,9-10H,2,8H2,1H3,(H,15,18). The number of hydrogen-bond donors (Lipinski definition) is 1. The van der Waals surface area contributed by atoms with E-state index in [0.717, 1.165) is 6.42 Å². The molecule has 0 fully saturated rings. The lowest BCUT2D eigenvalue weighted by atomic mass is 10.2. The number of hydrogen-bond acceptors (Lipinski definition) is 4. The molecule has 5 nitrogen and oxygen atoms in total. The van der Waals surface area contributed by atoms with Gasteiger partial charge in [-0.3, -0.25) is 4.79 Å². The Bertz CT molecular complexity index is 526. The van der Waals surface area contributed by atoms with Crippen molar-refractivity contribution in [3.63, 3.8) is 0 Å². The third-order valence-corrected chi connectivity index (χ3v) is 2.40. The van der Waals surface area contributed by atoms with Crippen LogP contribution in [0.4, 0.5) is 0 Å². The van der Waals surface area contributed by atoms with Crippen molar-refractivity contribution in [2.45, 2.75) is 13.3 Å². The van der Waals surface area contributed by atoms with E-state index in [1.807, 2.05) is 6.92 Å². The van der Waals surface area contributed by atoms with E-state index in [0.29, 0.717) is 17.9 Å². The molecular formula is C14H15N3O2. The number of benzene rings is 1. The zero-order valence-electron chi connectivity index (χ0n) is 10.7. The summed E-state index contributed by atoms with van der Waals surface area (Å²) < 4.78 is 5.44. The number of rotatable bonds is 5. The van der Waals surface area contributed by atoms with Crippen LogP contribution in [0.25, 0.3) is 0 Å².